The second kappa shape index (κ2) is 7.29. The molecule has 0 spiro atoms. The molecule has 1 heterocycles. The molecule has 4 nitrogen and oxygen atoms in total. The number of benzene rings is 2. The third kappa shape index (κ3) is 4.04. The molecule has 2 aromatic carbocycles. The van der Waals surface area contributed by atoms with Gasteiger partial charge in [0.05, 0.1) is 16.6 Å². The van der Waals surface area contributed by atoms with Crippen molar-refractivity contribution in [3.8, 4) is 5.69 Å². The van der Waals surface area contributed by atoms with Crippen molar-refractivity contribution in [3.63, 3.8) is 0 Å². The van der Waals surface area contributed by atoms with Crippen LogP contribution in [-0.2, 0) is 0 Å². The van der Waals surface area contributed by atoms with Crippen molar-refractivity contribution in [2.75, 3.05) is 5.75 Å². The Hall–Kier alpha value is -1.84. The molecule has 0 bridgehead atoms. The van der Waals surface area contributed by atoms with E-state index in [4.69, 9.17) is 0 Å². The van der Waals surface area contributed by atoms with Crippen LogP contribution in [0.5, 0.6) is 0 Å². The van der Waals surface area contributed by atoms with Gasteiger partial charge in [-0.05, 0) is 43.3 Å². The van der Waals surface area contributed by atoms with Gasteiger partial charge in [0.15, 0.2) is 10.8 Å². The lowest BCUT2D eigenvalue weighted by atomic mass is 10.1. The molecule has 0 radical (unpaired) electrons. The number of thioether (sulfide) groups is 1. The van der Waals surface area contributed by atoms with E-state index in [1.165, 1.54) is 4.57 Å². The summed E-state index contributed by atoms with van der Waals surface area (Å²) < 4.78 is 41.0. The predicted octanol–water partition coefficient (Wildman–Crippen LogP) is 4.55. The second-order valence-corrected chi connectivity index (χ2v) is 7.95. The van der Waals surface area contributed by atoms with Gasteiger partial charge in [-0.25, -0.2) is 4.98 Å². The SMILES string of the molecule is CC(O)(CSc1nc2ccccc2c(=O)n1-c1ccc(Br)cc1)C(F)(F)F. The topological polar surface area (TPSA) is 55.1 Å². The summed E-state index contributed by atoms with van der Waals surface area (Å²) in [6.45, 7) is 0.698. The Labute approximate surface area is 165 Å². The number of para-hydroxylation sites is 1. The van der Waals surface area contributed by atoms with Crippen molar-refractivity contribution in [3.05, 3.63) is 63.4 Å². The number of nitrogens with zero attached hydrogens (tertiary/aromatic N) is 2. The zero-order valence-electron chi connectivity index (χ0n) is 14.0. The van der Waals surface area contributed by atoms with E-state index in [0.717, 1.165) is 4.47 Å². The van der Waals surface area contributed by atoms with Crippen molar-refractivity contribution >= 4 is 38.6 Å². The molecule has 1 atom stereocenters. The van der Waals surface area contributed by atoms with Crippen molar-refractivity contribution in [1.82, 2.24) is 9.55 Å². The number of aliphatic hydroxyl groups is 1. The van der Waals surface area contributed by atoms with E-state index in [1.54, 1.807) is 48.5 Å². The first-order valence-corrected chi connectivity index (χ1v) is 9.58. The predicted molar refractivity (Wildman–Crippen MR) is 102 cm³/mol. The van der Waals surface area contributed by atoms with Crippen LogP contribution in [0.15, 0.2) is 63.0 Å². The van der Waals surface area contributed by atoms with E-state index in [1.807, 2.05) is 0 Å². The average Bonchev–Trinajstić information content (AvgIpc) is 2.60. The molecule has 1 N–H and O–H groups in total. The highest BCUT2D eigenvalue weighted by Gasteiger charge is 2.49. The Bertz CT molecular complexity index is 1030. The number of hydrogen-bond acceptors (Lipinski definition) is 4. The van der Waals surface area contributed by atoms with E-state index in [0.29, 0.717) is 35.3 Å². The van der Waals surface area contributed by atoms with Gasteiger partial charge in [-0.1, -0.05) is 39.8 Å². The molecule has 0 aliphatic heterocycles. The smallest absolute Gasteiger partial charge is 0.380 e. The molecular weight excluding hydrogens is 445 g/mol. The van der Waals surface area contributed by atoms with Crippen LogP contribution >= 0.6 is 27.7 Å². The summed E-state index contributed by atoms with van der Waals surface area (Å²) in [6.07, 6.45) is -4.79. The van der Waals surface area contributed by atoms with Crippen LogP contribution in [0.2, 0.25) is 0 Å². The van der Waals surface area contributed by atoms with Crippen LogP contribution in [0, 0.1) is 0 Å². The first-order chi connectivity index (χ1) is 12.6. The summed E-state index contributed by atoms with van der Waals surface area (Å²) in [7, 11) is 0. The first-order valence-electron chi connectivity index (χ1n) is 7.80. The van der Waals surface area contributed by atoms with Gasteiger partial charge in [-0.15, -0.1) is 0 Å². The maximum atomic E-state index is 13.0. The number of rotatable bonds is 4. The zero-order valence-corrected chi connectivity index (χ0v) is 16.4. The van der Waals surface area contributed by atoms with Crippen molar-refractivity contribution < 1.29 is 18.3 Å². The fourth-order valence-corrected chi connectivity index (χ4v) is 3.63. The molecule has 9 heteroatoms. The Morgan fingerprint density at radius 2 is 1.78 bits per heavy atom. The highest BCUT2D eigenvalue weighted by atomic mass is 79.9. The normalized spacial score (nSPS) is 14.3. The maximum absolute atomic E-state index is 13.0. The van der Waals surface area contributed by atoms with Crippen LogP contribution in [-0.4, -0.2) is 32.2 Å². The monoisotopic (exact) mass is 458 g/mol. The Balaban J connectivity index is 2.14. The highest BCUT2D eigenvalue weighted by Crippen LogP contribution is 2.35. The first kappa shape index (κ1) is 19.9. The minimum atomic E-state index is -4.79. The van der Waals surface area contributed by atoms with E-state index in [2.05, 4.69) is 20.9 Å². The van der Waals surface area contributed by atoms with Gasteiger partial charge >= 0.3 is 6.18 Å². The maximum Gasteiger partial charge on any atom is 0.417 e. The number of halogens is 4. The lowest BCUT2D eigenvalue weighted by molar-refractivity contribution is -0.242. The molecule has 142 valence electrons. The molecule has 0 aliphatic rings. The summed E-state index contributed by atoms with van der Waals surface area (Å²) in [5, 5.41) is 10.2. The lowest BCUT2D eigenvalue weighted by Gasteiger charge is -2.26. The minimum Gasteiger partial charge on any atom is -0.380 e. The molecule has 0 saturated carbocycles. The van der Waals surface area contributed by atoms with E-state index in [-0.39, 0.29) is 5.16 Å². The minimum absolute atomic E-state index is 0.0746. The summed E-state index contributed by atoms with van der Waals surface area (Å²) in [4.78, 5) is 17.3. The summed E-state index contributed by atoms with van der Waals surface area (Å²) >= 11 is 3.99. The largest absolute Gasteiger partial charge is 0.417 e. The number of hydrogen-bond donors (Lipinski definition) is 1. The molecule has 3 aromatic rings. The van der Waals surface area contributed by atoms with Crippen LogP contribution in [0.25, 0.3) is 16.6 Å². The summed E-state index contributed by atoms with van der Waals surface area (Å²) in [5.74, 6) is -0.697. The molecule has 0 aliphatic carbocycles. The molecule has 0 fully saturated rings. The Kier molecular flexibility index (Phi) is 5.38. The van der Waals surface area contributed by atoms with E-state index >= 15 is 0 Å². The van der Waals surface area contributed by atoms with Gasteiger partial charge in [-0.2, -0.15) is 13.2 Å². The van der Waals surface area contributed by atoms with Crippen molar-refractivity contribution in [2.45, 2.75) is 23.9 Å². The van der Waals surface area contributed by atoms with Crippen LogP contribution in [0.1, 0.15) is 6.92 Å². The van der Waals surface area contributed by atoms with Crippen LogP contribution in [0.3, 0.4) is 0 Å². The van der Waals surface area contributed by atoms with E-state index in [9.17, 15) is 23.1 Å². The number of fused-ring (bicyclic) bond motifs is 1. The second-order valence-electron chi connectivity index (χ2n) is 6.09. The number of alkyl halides is 3. The summed E-state index contributed by atoms with van der Waals surface area (Å²) in [6, 6.07) is 13.4. The molecule has 3 rings (SSSR count). The van der Waals surface area contributed by atoms with Gasteiger partial charge in [0.1, 0.15) is 0 Å². The Morgan fingerprint density at radius 3 is 2.41 bits per heavy atom. The molecule has 1 unspecified atom stereocenters. The van der Waals surface area contributed by atoms with Crippen LogP contribution in [0.4, 0.5) is 13.2 Å². The molecule has 0 saturated heterocycles. The molecule has 0 amide bonds. The fraction of sp³-hybridized carbons (Fsp3) is 0.222. The van der Waals surface area contributed by atoms with Gasteiger partial charge in [-0.3, -0.25) is 9.36 Å². The molecular formula is C18H14BrF3N2O2S. The van der Waals surface area contributed by atoms with Gasteiger partial charge in [0, 0.05) is 10.2 Å². The third-order valence-corrected chi connectivity index (χ3v) is 5.69. The van der Waals surface area contributed by atoms with Gasteiger partial charge < -0.3 is 5.11 Å². The number of aromatic nitrogens is 2. The third-order valence-electron chi connectivity index (χ3n) is 3.92. The highest BCUT2D eigenvalue weighted by molar-refractivity contribution is 9.10. The quantitative estimate of drug-likeness (QED) is 0.460. The van der Waals surface area contributed by atoms with Crippen molar-refractivity contribution in [1.29, 1.82) is 0 Å². The fourth-order valence-electron chi connectivity index (χ4n) is 2.31. The average molecular weight is 459 g/mol. The standard InChI is InChI=1S/C18H14BrF3N2O2S/c1-17(26,18(20,21)22)10-27-16-23-14-5-3-2-4-13(14)15(25)24(16)12-8-6-11(19)7-9-12/h2-9,26H,10H2,1H3. The zero-order chi connectivity index (χ0) is 19.8. The van der Waals surface area contributed by atoms with Gasteiger partial charge in [0.25, 0.3) is 5.56 Å². The van der Waals surface area contributed by atoms with Gasteiger partial charge in [0.2, 0.25) is 0 Å². The molecule has 1 aromatic heterocycles. The summed E-state index contributed by atoms with van der Waals surface area (Å²) in [5.41, 5.74) is -2.45. The van der Waals surface area contributed by atoms with E-state index < -0.39 is 23.1 Å². The van der Waals surface area contributed by atoms with Crippen LogP contribution < -0.4 is 5.56 Å². The molecule has 27 heavy (non-hydrogen) atoms. The van der Waals surface area contributed by atoms with Crippen molar-refractivity contribution in [2.24, 2.45) is 0 Å². The Morgan fingerprint density at radius 1 is 1.15 bits per heavy atom. The lowest BCUT2D eigenvalue weighted by Crippen LogP contribution is -2.44.